The number of carbonyl (C=O) groups excluding carboxylic acids is 1. The molecule has 0 bridgehead atoms. The first-order valence-electron chi connectivity index (χ1n) is 16.7. The molecule has 14 nitrogen and oxygen atoms in total. The van der Waals surface area contributed by atoms with Gasteiger partial charge in [0, 0.05) is 18.8 Å². The molecule has 0 aliphatic carbocycles. The van der Waals surface area contributed by atoms with E-state index < -0.39 is 23.7 Å². The second-order valence-electron chi connectivity index (χ2n) is 13.5. The van der Waals surface area contributed by atoms with Crippen molar-refractivity contribution >= 4 is 35.3 Å². The molecule has 5 rings (SSSR count). The van der Waals surface area contributed by atoms with Gasteiger partial charge in [0.1, 0.15) is 22.1 Å². The zero-order valence-electron chi connectivity index (χ0n) is 30.7. The fraction of sp³-hybridized carbons (Fsp3) is 0.316. The lowest BCUT2D eigenvalue weighted by atomic mass is 9.92. The topological polar surface area (TPSA) is 163 Å². The van der Waals surface area contributed by atoms with E-state index in [1.54, 1.807) is 46.2 Å². The highest BCUT2D eigenvalue weighted by molar-refractivity contribution is 6.30. The van der Waals surface area contributed by atoms with Crippen molar-refractivity contribution in [2.24, 2.45) is 0 Å². The van der Waals surface area contributed by atoms with E-state index in [2.05, 4.69) is 20.4 Å². The molecule has 0 spiro atoms. The van der Waals surface area contributed by atoms with Gasteiger partial charge in [-0.3, -0.25) is 4.79 Å². The lowest BCUT2D eigenvalue weighted by molar-refractivity contribution is 0.0586. The maximum Gasteiger partial charge on any atom is 0.416 e. The molecule has 1 unspecified atom stereocenters. The molecule has 1 amide bonds. The molecule has 3 heterocycles. The number of pyridine rings is 1. The van der Waals surface area contributed by atoms with Crippen LogP contribution >= 0.6 is 11.6 Å². The van der Waals surface area contributed by atoms with E-state index in [1.807, 2.05) is 56.3 Å². The number of methoxy groups -OCH3 is 2. The van der Waals surface area contributed by atoms with Gasteiger partial charge in [-0.25, -0.2) is 24.2 Å². The number of ether oxygens (including phenoxy) is 3. The molecule has 0 fully saturated rings. The minimum Gasteiger partial charge on any atom is -0.497 e. The van der Waals surface area contributed by atoms with E-state index in [0.29, 0.717) is 22.7 Å². The number of carboxylic acids is 1. The van der Waals surface area contributed by atoms with Crippen LogP contribution in [-0.2, 0) is 11.3 Å². The number of amides is 1. The third-order valence-corrected chi connectivity index (χ3v) is 8.38. The van der Waals surface area contributed by atoms with Gasteiger partial charge in [0.25, 0.3) is 5.56 Å². The average Bonchev–Trinajstić information content (AvgIpc) is 3.53. The van der Waals surface area contributed by atoms with Crippen LogP contribution in [0.2, 0.25) is 5.02 Å². The molecule has 3 aromatic heterocycles. The largest absolute Gasteiger partial charge is 0.497 e. The van der Waals surface area contributed by atoms with Crippen LogP contribution < -0.4 is 25.2 Å². The highest BCUT2D eigenvalue weighted by Crippen LogP contribution is 2.38. The highest BCUT2D eigenvalue weighted by Gasteiger charge is 2.33. The van der Waals surface area contributed by atoms with Crippen molar-refractivity contribution in [2.45, 2.75) is 58.7 Å². The first-order chi connectivity index (χ1) is 25.1. The minimum atomic E-state index is -1.27. The molecular formula is C38H42ClN7O7. The Morgan fingerprint density at radius 3 is 2.30 bits per heavy atom. The Kier molecular flexibility index (Phi) is 11.4. The number of carbonyl (C=O) groups is 2. The van der Waals surface area contributed by atoms with Crippen molar-refractivity contribution in [3.8, 4) is 17.3 Å². The van der Waals surface area contributed by atoms with Gasteiger partial charge in [0.05, 0.1) is 44.4 Å². The number of aromatic nitrogens is 5. The minimum absolute atomic E-state index is 0.00209. The van der Waals surface area contributed by atoms with Gasteiger partial charge in [-0.2, -0.15) is 10.1 Å². The van der Waals surface area contributed by atoms with Crippen molar-refractivity contribution in [1.29, 1.82) is 0 Å². The molecule has 53 heavy (non-hydrogen) atoms. The number of rotatable bonds is 12. The van der Waals surface area contributed by atoms with Crippen molar-refractivity contribution < 1.29 is 28.9 Å². The fourth-order valence-electron chi connectivity index (χ4n) is 5.70. The standard InChI is InChI=1S/C38H42ClN7O7/c1-22(2)32-29(31(35(48)49)43-46(32)28-19-40-36(42-33(28)52-8)44(6)37(50)53-38(3,4)5)30(24-12-10-9-11-13-24)41-25-18-27(39)34(47)45(21-25)20-23-14-16-26(51-7)17-15-23/h9-19,21-22,30,41H,20H2,1-8H3,(H,48,49). The number of carboxylic acid groups (broad SMARTS) is 1. The molecule has 0 aliphatic rings. The van der Waals surface area contributed by atoms with Crippen LogP contribution in [0.5, 0.6) is 11.6 Å². The number of benzene rings is 2. The van der Waals surface area contributed by atoms with Gasteiger partial charge in [-0.15, -0.1) is 0 Å². The number of aromatic carboxylic acids is 1. The molecule has 0 saturated heterocycles. The van der Waals surface area contributed by atoms with E-state index in [-0.39, 0.29) is 46.3 Å². The smallest absolute Gasteiger partial charge is 0.416 e. The van der Waals surface area contributed by atoms with Gasteiger partial charge in [0.15, 0.2) is 5.69 Å². The fourth-order valence-corrected chi connectivity index (χ4v) is 5.93. The summed E-state index contributed by atoms with van der Waals surface area (Å²) in [5, 5.41) is 18.7. The number of hydrogen-bond acceptors (Lipinski definition) is 10. The lowest BCUT2D eigenvalue weighted by Gasteiger charge is -2.25. The average molecular weight is 744 g/mol. The number of hydrogen-bond donors (Lipinski definition) is 2. The van der Waals surface area contributed by atoms with Gasteiger partial charge < -0.3 is 29.2 Å². The zero-order valence-corrected chi connectivity index (χ0v) is 31.5. The van der Waals surface area contributed by atoms with Crippen molar-refractivity contribution in [2.75, 3.05) is 31.5 Å². The molecular weight excluding hydrogens is 702 g/mol. The summed E-state index contributed by atoms with van der Waals surface area (Å²) in [4.78, 5) is 49.0. The number of anilines is 2. The summed E-state index contributed by atoms with van der Waals surface area (Å²) in [7, 11) is 4.45. The summed E-state index contributed by atoms with van der Waals surface area (Å²) < 4.78 is 19.3. The lowest BCUT2D eigenvalue weighted by Crippen LogP contribution is -2.35. The Bertz CT molecular complexity index is 2160. The Balaban J connectivity index is 1.65. The molecule has 0 saturated carbocycles. The van der Waals surface area contributed by atoms with Gasteiger partial charge >= 0.3 is 12.1 Å². The summed E-state index contributed by atoms with van der Waals surface area (Å²) >= 11 is 6.51. The van der Waals surface area contributed by atoms with Crippen LogP contribution in [0.1, 0.15) is 79.5 Å². The van der Waals surface area contributed by atoms with E-state index in [0.717, 1.165) is 16.0 Å². The number of halogens is 1. The predicted octanol–water partition coefficient (Wildman–Crippen LogP) is 6.94. The van der Waals surface area contributed by atoms with Crippen molar-refractivity contribution in [1.82, 2.24) is 24.3 Å². The molecule has 2 N–H and O–H groups in total. The quantitative estimate of drug-likeness (QED) is 0.136. The number of nitrogens with zero attached hydrogens (tertiary/aromatic N) is 6. The van der Waals surface area contributed by atoms with Crippen LogP contribution in [0.4, 0.5) is 16.4 Å². The Morgan fingerprint density at radius 1 is 1.04 bits per heavy atom. The SMILES string of the molecule is COc1ccc(Cn2cc(NC(c3ccccc3)c3c(C(=O)O)nn(-c4cnc(N(C)C(=O)OC(C)(C)C)nc4OC)c3C(C)C)cc(Cl)c2=O)cc1. The van der Waals surface area contributed by atoms with Crippen LogP contribution in [0.15, 0.2) is 77.9 Å². The molecule has 1 atom stereocenters. The summed E-state index contributed by atoms with van der Waals surface area (Å²) in [5.41, 5.74) is 1.79. The number of nitrogens with one attached hydrogen (secondary N) is 1. The Labute approximate surface area is 311 Å². The molecule has 15 heteroatoms. The van der Waals surface area contributed by atoms with Crippen molar-refractivity contribution in [3.63, 3.8) is 0 Å². The monoisotopic (exact) mass is 743 g/mol. The summed E-state index contributed by atoms with van der Waals surface area (Å²) in [5.74, 6) is -0.835. The zero-order chi connectivity index (χ0) is 38.6. The Hall–Kier alpha value is -5.89. The third kappa shape index (κ3) is 8.60. The predicted molar refractivity (Wildman–Crippen MR) is 201 cm³/mol. The van der Waals surface area contributed by atoms with E-state index >= 15 is 0 Å². The Morgan fingerprint density at radius 2 is 1.72 bits per heavy atom. The summed E-state index contributed by atoms with van der Waals surface area (Å²) in [6, 6.07) is 17.3. The summed E-state index contributed by atoms with van der Waals surface area (Å²) in [6.45, 7) is 9.29. The molecule has 5 aromatic rings. The van der Waals surface area contributed by atoms with Gasteiger partial charge in [0.2, 0.25) is 11.8 Å². The van der Waals surface area contributed by atoms with Crippen LogP contribution in [0.3, 0.4) is 0 Å². The maximum absolute atomic E-state index is 13.2. The van der Waals surface area contributed by atoms with Crippen LogP contribution in [-0.4, -0.2) is 68.4 Å². The highest BCUT2D eigenvalue weighted by atomic mass is 35.5. The molecule has 0 aliphatic heterocycles. The van der Waals surface area contributed by atoms with Crippen LogP contribution in [0.25, 0.3) is 5.69 Å². The van der Waals surface area contributed by atoms with E-state index in [4.69, 9.17) is 25.8 Å². The first kappa shape index (κ1) is 38.3. The van der Waals surface area contributed by atoms with E-state index in [1.165, 1.54) is 35.7 Å². The van der Waals surface area contributed by atoms with Gasteiger partial charge in [-0.1, -0.05) is 67.9 Å². The molecule has 2 aromatic carbocycles. The second kappa shape index (κ2) is 15.8. The van der Waals surface area contributed by atoms with Gasteiger partial charge in [-0.05, 0) is 56.0 Å². The molecule has 0 radical (unpaired) electrons. The first-order valence-corrected chi connectivity index (χ1v) is 17.1. The molecule has 278 valence electrons. The summed E-state index contributed by atoms with van der Waals surface area (Å²) in [6.07, 6.45) is 2.39. The second-order valence-corrected chi connectivity index (χ2v) is 13.9. The van der Waals surface area contributed by atoms with E-state index in [9.17, 15) is 19.5 Å². The normalized spacial score (nSPS) is 12.0. The third-order valence-electron chi connectivity index (χ3n) is 8.11. The maximum atomic E-state index is 13.2. The van der Waals surface area contributed by atoms with Crippen molar-refractivity contribution in [3.05, 3.63) is 117 Å². The van der Waals surface area contributed by atoms with Crippen LogP contribution in [0, 0.1) is 0 Å².